The Hall–Kier alpha value is -1.62. The van der Waals surface area contributed by atoms with Crippen LogP contribution in [0.25, 0.3) is 0 Å². The lowest BCUT2D eigenvalue weighted by Gasteiger charge is -2.08. The largest absolute Gasteiger partial charge is 0.492 e. The monoisotopic (exact) mass is 321 g/mol. The molecule has 22 heavy (non-hydrogen) atoms. The van der Waals surface area contributed by atoms with Gasteiger partial charge in [0.1, 0.15) is 24.0 Å². The molecular formula is C16H17ClFN3O. The second kappa shape index (κ2) is 5.54. The van der Waals surface area contributed by atoms with Gasteiger partial charge in [0.25, 0.3) is 0 Å². The predicted octanol–water partition coefficient (Wildman–Crippen LogP) is 3.90. The van der Waals surface area contributed by atoms with Crippen LogP contribution in [0.3, 0.4) is 0 Å². The fourth-order valence-corrected chi connectivity index (χ4v) is 2.63. The zero-order valence-corrected chi connectivity index (χ0v) is 12.9. The standard InChI is InChI=1S/C16H17ClFN3O/c17-13-6-5-12(9-14(13)18)22-8-7-21-16(11-3-4-11)19-15(20-21)10-1-2-10/h5-6,9-11H,1-4,7-8H2. The molecule has 0 spiro atoms. The van der Waals surface area contributed by atoms with Crippen molar-refractivity contribution >= 4 is 11.6 Å². The summed E-state index contributed by atoms with van der Waals surface area (Å²) >= 11 is 5.66. The smallest absolute Gasteiger partial charge is 0.154 e. The van der Waals surface area contributed by atoms with Gasteiger partial charge >= 0.3 is 0 Å². The summed E-state index contributed by atoms with van der Waals surface area (Å²) < 4.78 is 20.9. The van der Waals surface area contributed by atoms with Crippen LogP contribution in [0.1, 0.15) is 49.2 Å². The summed E-state index contributed by atoms with van der Waals surface area (Å²) in [5.74, 6) is 3.22. The molecule has 2 aliphatic rings. The van der Waals surface area contributed by atoms with Crippen molar-refractivity contribution < 1.29 is 9.13 Å². The Balaban J connectivity index is 1.41. The van der Waals surface area contributed by atoms with Gasteiger partial charge in [-0.2, -0.15) is 5.10 Å². The van der Waals surface area contributed by atoms with Gasteiger partial charge in [0.15, 0.2) is 5.82 Å². The molecule has 0 atom stereocenters. The van der Waals surface area contributed by atoms with Crippen LogP contribution in [0.15, 0.2) is 18.2 Å². The van der Waals surface area contributed by atoms with E-state index in [1.54, 1.807) is 6.07 Å². The van der Waals surface area contributed by atoms with E-state index in [9.17, 15) is 4.39 Å². The van der Waals surface area contributed by atoms with Crippen molar-refractivity contribution in [2.24, 2.45) is 0 Å². The Kier molecular flexibility index (Phi) is 3.53. The highest BCUT2D eigenvalue weighted by Crippen LogP contribution is 2.42. The summed E-state index contributed by atoms with van der Waals surface area (Å²) in [6, 6.07) is 4.48. The van der Waals surface area contributed by atoms with E-state index >= 15 is 0 Å². The van der Waals surface area contributed by atoms with Crippen LogP contribution >= 0.6 is 11.6 Å². The first-order valence-corrected chi connectivity index (χ1v) is 8.11. The van der Waals surface area contributed by atoms with Crippen LogP contribution in [0.2, 0.25) is 5.02 Å². The summed E-state index contributed by atoms with van der Waals surface area (Å²) in [4.78, 5) is 4.70. The maximum absolute atomic E-state index is 13.4. The molecule has 6 heteroatoms. The van der Waals surface area contributed by atoms with Crippen molar-refractivity contribution in [2.75, 3.05) is 6.61 Å². The van der Waals surface area contributed by atoms with Crippen LogP contribution in [-0.2, 0) is 6.54 Å². The maximum Gasteiger partial charge on any atom is 0.154 e. The van der Waals surface area contributed by atoms with Crippen LogP contribution in [0.5, 0.6) is 5.75 Å². The van der Waals surface area contributed by atoms with E-state index in [0.717, 1.165) is 11.6 Å². The Bertz CT molecular complexity index is 695. The first kappa shape index (κ1) is 14.0. The van der Waals surface area contributed by atoms with Crippen LogP contribution in [0.4, 0.5) is 4.39 Å². The second-order valence-corrected chi connectivity index (χ2v) is 6.43. The van der Waals surface area contributed by atoms with Crippen molar-refractivity contribution in [3.63, 3.8) is 0 Å². The van der Waals surface area contributed by atoms with Crippen molar-refractivity contribution in [3.05, 3.63) is 40.7 Å². The van der Waals surface area contributed by atoms with Crippen molar-refractivity contribution in [2.45, 2.75) is 44.1 Å². The van der Waals surface area contributed by atoms with Gasteiger partial charge in [0, 0.05) is 17.9 Å². The van der Waals surface area contributed by atoms with Crippen LogP contribution in [-0.4, -0.2) is 21.4 Å². The Morgan fingerprint density at radius 3 is 2.68 bits per heavy atom. The normalized spacial score (nSPS) is 17.7. The van der Waals surface area contributed by atoms with Crippen molar-refractivity contribution in [1.82, 2.24) is 14.8 Å². The van der Waals surface area contributed by atoms with E-state index in [4.69, 9.17) is 21.3 Å². The zero-order chi connectivity index (χ0) is 15.1. The molecule has 1 aromatic heterocycles. The third kappa shape index (κ3) is 2.95. The molecule has 2 fully saturated rings. The minimum Gasteiger partial charge on any atom is -0.492 e. The summed E-state index contributed by atoms with van der Waals surface area (Å²) in [5.41, 5.74) is 0. The number of rotatable bonds is 6. The molecular weight excluding hydrogens is 305 g/mol. The Morgan fingerprint density at radius 1 is 1.23 bits per heavy atom. The van der Waals surface area contributed by atoms with Crippen LogP contribution < -0.4 is 4.74 Å². The van der Waals surface area contributed by atoms with E-state index in [2.05, 4.69) is 5.10 Å². The Labute approximate surface area is 133 Å². The molecule has 2 saturated carbocycles. The highest BCUT2D eigenvalue weighted by atomic mass is 35.5. The molecule has 0 saturated heterocycles. The van der Waals surface area contributed by atoms with Gasteiger partial charge < -0.3 is 4.74 Å². The molecule has 0 radical (unpaired) electrons. The molecule has 1 heterocycles. The quantitative estimate of drug-likeness (QED) is 0.810. The zero-order valence-electron chi connectivity index (χ0n) is 12.1. The third-order valence-electron chi connectivity index (χ3n) is 4.06. The maximum atomic E-state index is 13.4. The van der Waals surface area contributed by atoms with Crippen LogP contribution in [0, 0.1) is 5.82 Å². The third-order valence-corrected chi connectivity index (χ3v) is 4.37. The number of aromatic nitrogens is 3. The minimum atomic E-state index is -0.463. The molecule has 4 nitrogen and oxygen atoms in total. The molecule has 2 aliphatic carbocycles. The molecule has 4 rings (SSSR count). The van der Waals surface area contributed by atoms with Gasteiger partial charge in [-0.15, -0.1) is 0 Å². The van der Waals surface area contributed by atoms with Crippen molar-refractivity contribution in [1.29, 1.82) is 0 Å². The average Bonchev–Trinajstić information content (AvgIpc) is 3.41. The number of hydrogen-bond acceptors (Lipinski definition) is 3. The molecule has 0 N–H and O–H groups in total. The molecule has 0 amide bonds. The van der Waals surface area contributed by atoms with E-state index in [0.29, 0.717) is 30.7 Å². The fraction of sp³-hybridized carbons (Fsp3) is 0.500. The summed E-state index contributed by atoms with van der Waals surface area (Å²) in [6.45, 7) is 1.07. The first-order chi connectivity index (χ1) is 10.7. The lowest BCUT2D eigenvalue weighted by molar-refractivity contribution is 0.287. The number of hydrogen-bond donors (Lipinski definition) is 0. The second-order valence-electron chi connectivity index (χ2n) is 6.02. The first-order valence-electron chi connectivity index (χ1n) is 7.73. The van der Waals surface area contributed by atoms with E-state index in [1.165, 1.54) is 37.8 Å². The van der Waals surface area contributed by atoms with Gasteiger partial charge in [0.2, 0.25) is 0 Å². The minimum absolute atomic E-state index is 0.105. The van der Waals surface area contributed by atoms with Gasteiger partial charge in [-0.05, 0) is 37.8 Å². The molecule has 0 bridgehead atoms. The highest BCUT2D eigenvalue weighted by Gasteiger charge is 2.34. The number of nitrogens with zero attached hydrogens (tertiary/aromatic N) is 3. The van der Waals surface area contributed by atoms with Crippen molar-refractivity contribution in [3.8, 4) is 5.75 Å². The summed E-state index contributed by atoms with van der Waals surface area (Å²) in [7, 11) is 0. The lowest BCUT2D eigenvalue weighted by Crippen LogP contribution is -2.12. The molecule has 0 aliphatic heterocycles. The topological polar surface area (TPSA) is 39.9 Å². The van der Waals surface area contributed by atoms with Gasteiger partial charge in [-0.3, -0.25) is 0 Å². The average molecular weight is 322 g/mol. The van der Waals surface area contributed by atoms with E-state index in [-0.39, 0.29) is 5.02 Å². The Morgan fingerprint density at radius 2 is 2.00 bits per heavy atom. The summed E-state index contributed by atoms with van der Waals surface area (Å²) in [6.07, 6.45) is 4.81. The number of benzene rings is 1. The number of halogens is 2. The van der Waals surface area contributed by atoms with Gasteiger partial charge in [-0.1, -0.05) is 11.6 Å². The van der Waals surface area contributed by atoms with Gasteiger partial charge in [-0.25, -0.2) is 14.1 Å². The SMILES string of the molecule is Fc1cc(OCCn2nc(C3CC3)nc2C2CC2)ccc1Cl. The number of ether oxygens (including phenoxy) is 1. The molecule has 1 aromatic carbocycles. The molecule has 0 unspecified atom stereocenters. The fourth-order valence-electron chi connectivity index (χ4n) is 2.51. The highest BCUT2D eigenvalue weighted by molar-refractivity contribution is 6.30. The lowest BCUT2D eigenvalue weighted by atomic mass is 10.3. The molecule has 116 valence electrons. The van der Waals surface area contributed by atoms with E-state index < -0.39 is 5.82 Å². The predicted molar refractivity (Wildman–Crippen MR) is 80.9 cm³/mol. The molecule has 2 aromatic rings. The summed E-state index contributed by atoms with van der Waals surface area (Å²) in [5, 5.41) is 4.73. The van der Waals surface area contributed by atoms with Gasteiger partial charge in [0.05, 0.1) is 11.6 Å². The van der Waals surface area contributed by atoms with E-state index in [1.807, 2.05) is 4.68 Å².